The molecule has 0 bridgehead atoms. The lowest BCUT2D eigenvalue weighted by Gasteiger charge is -2.33. The first kappa shape index (κ1) is 33.4. The number of amides is 3. The van der Waals surface area contributed by atoms with Crippen LogP contribution in [0.1, 0.15) is 29.3 Å². The molecule has 0 aromatic heterocycles. The molecule has 48 heavy (non-hydrogen) atoms. The Morgan fingerprint density at radius 1 is 0.812 bits per heavy atom. The molecule has 6 nitrogen and oxygen atoms in total. The summed E-state index contributed by atoms with van der Waals surface area (Å²) in [5.74, 6) is -0.973. The van der Waals surface area contributed by atoms with Crippen molar-refractivity contribution in [2.45, 2.75) is 33.3 Å². The molecular weight excluding hydrogens is 681 g/mol. The third-order valence-corrected chi connectivity index (χ3v) is 10.5. The molecule has 0 saturated heterocycles. The highest BCUT2D eigenvalue weighted by Gasteiger charge is 2.32. The van der Waals surface area contributed by atoms with Crippen molar-refractivity contribution in [2.75, 3.05) is 10.2 Å². The summed E-state index contributed by atoms with van der Waals surface area (Å²) in [6.45, 7) is 2.01. The first-order chi connectivity index (χ1) is 23.3. The molecule has 3 amide bonds. The second kappa shape index (κ2) is 15.2. The van der Waals surface area contributed by atoms with E-state index in [9.17, 15) is 14.4 Å². The highest BCUT2D eigenvalue weighted by atomic mass is 35.5. The molecule has 10 heteroatoms. The molecule has 6 rings (SSSR count). The summed E-state index contributed by atoms with van der Waals surface area (Å²) in [4.78, 5) is 45.4. The van der Waals surface area contributed by atoms with E-state index in [-0.39, 0.29) is 16.9 Å². The monoisotopic (exact) mass is 709 g/mol. The molecule has 0 aliphatic carbocycles. The van der Waals surface area contributed by atoms with E-state index in [1.807, 2.05) is 72.5 Å². The Balaban J connectivity index is 1.19. The second-order valence-electron chi connectivity index (χ2n) is 10.7. The smallest absolute Gasteiger partial charge is 0.272 e. The number of para-hydroxylation sites is 2. The van der Waals surface area contributed by atoms with Gasteiger partial charge >= 0.3 is 0 Å². The van der Waals surface area contributed by atoms with E-state index in [2.05, 4.69) is 10.6 Å². The lowest BCUT2D eigenvalue weighted by molar-refractivity contribution is -0.117. The van der Waals surface area contributed by atoms with Crippen molar-refractivity contribution in [3.05, 3.63) is 148 Å². The van der Waals surface area contributed by atoms with Crippen molar-refractivity contribution in [3.8, 4) is 0 Å². The molecule has 1 unspecified atom stereocenters. The molecule has 240 valence electrons. The van der Waals surface area contributed by atoms with Crippen LogP contribution in [-0.4, -0.2) is 23.0 Å². The molecule has 1 aliphatic heterocycles. The van der Waals surface area contributed by atoms with Crippen molar-refractivity contribution in [1.29, 1.82) is 0 Å². The number of rotatable bonds is 9. The zero-order chi connectivity index (χ0) is 33.6. The predicted octanol–water partition coefficient (Wildman–Crippen LogP) is 10.1. The molecule has 0 fully saturated rings. The number of hydrogen-bond acceptors (Lipinski definition) is 5. The Hall–Kier alpha value is -4.47. The summed E-state index contributed by atoms with van der Waals surface area (Å²) in [5.41, 5.74) is 3.19. The maximum absolute atomic E-state index is 14.1. The van der Waals surface area contributed by atoms with Crippen LogP contribution in [0.3, 0.4) is 0 Å². The molecule has 1 aliphatic rings. The van der Waals surface area contributed by atoms with E-state index in [1.54, 1.807) is 72.4 Å². The van der Waals surface area contributed by atoms with Crippen molar-refractivity contribution in [1.82, 2.24) is 5.32 Å². The summed E-state index contributed by atoms with van der Waals surface area (Å²) < 4.78 is 0. The SMILES string of the molecule is CCC(Sc1ccc(NC(=O)/C(=C/c2ccc(Cl)cc2Cl)NC(=O)c2ccccc2)cc1)C(=O)N1c2ccccc2Sc2ccccc21. The number of thioether (sulfide) groups is 1. The third-order valence-electron chi connectivity index (χ3n) is 7.48. The van der Waals surface area contributed by atoms with Gasteiger partial charge in [0.15, 0.2) is 0 Å². The van der Waals surface area contributed by atoms with E-state index in [4.69, 9.17) is 23.2 Å². The normalized spacial score (nSPS) is 12.8. The quantitative estimate of drug-likeness (QED) is 0.118. The van der Waals surface area contributed by atoms with Crippen LogP contribution in [0.25, 0.3) is 6.08 Å². The largest absolute Gasteiger partial charge is 0.321 e. The Kier molecular flexibility index (Phi) is 10.6. The minimum atomic E-state index is -0.535. The fraction of sp³-hybridized carbons (Fsp3) is 0.0789. The molecule has 1 heterocycles. The van der Waals surface area contributed by atoms with Gasteiger partial charge in [0.25, 0.3) is 11.8 Å². The lowest BCUT2D eigenvalue weighted by atomic mass is 10.1. The van der Waals surface area contributed by atoms with Crippen LogP contribution >= 0.6 is 46.7 Å². The number of carbonyl (C=O) groups excluding carboxylic acids is 3. The van der Waals surface area contributed by atoms with Crippen LogP contribution in [0.15, 0.2) is 142 Å². The standard InChI is InChI=1S/C38H29Cl2N3O3S2/c1-2-33(38(46)43-31-12-6-8-14-34(31)48-35-15-9-7-13-32(35)43)47-28-20-18-27(19-21-28)41-37(45)30(22-25-16-17-26(39)23-29(25)40)42-36(44)24-10-4-3-5-11-24/h3-23,33H,2H2,1H3,(H,41,45)(H,42,44)/b30-22-. The number of halogens is 2. The average molecular weight is 711 g/mol. The number of anilines is 3. The fourth-order valence-corrected chi connectivity index (χ4v) is 7.61. The Bertz CT molecular complexity index is 1970. The van der Waals surface area contributed by atoms with Crippen LogP contribution < -0.4 is 15.5 Å². The van der Waals surface area contributed by atoms with Gasteiger partial charge in [0.2, 0.25) is 5.91 Å². The van der Waals surface area contributed by atoms with Crippen LogP contribution in [0, 0.1) is 0 Å². The number of nitrogens with one attached hydrogen (secondary N) is 2. The molecule has 2 N–H and O–H groups in total. The van der Waals surface area contributed by atoms with E-state index >= 15 is 0 Å². The summed E-state index contributed by atoms with van der Waals surface area (Å²) in [6, 6.07) is 36.7. The van der Waals surface area contributed by atoms with Crippen molar-refractivity contribution >= 4 is 87.6 Å². The molecule has 5 aromatic carbocycles. The van der Waals surface area contributed by atoms with Crippen LogP contribution in [0.5, 0.6) is 0 Å². The van der Waals surface area contributed by atoms with Crippen LogP contribution in [0.2, 0.25) is 10.0 Å². The van der Waals surface area contributed by atoms with E-state index < -0.39 is 11.8 Å². The van der Waals surface area contributed by atoms with Gasteiger partial charge in [-0.25, -0.2) is 0 Å². The first-order valence-corrected chi connectivity index (χ1v) is 17.6. The van der Waals surface area contributed by atoms with E-state index in [0.29, 0.717) is 33.3 Å². The highest BCUT2D eigenvalue weighted by Crippen LogP contribution is 2.48. The van der Waals surface area contributed by atoms with Crippen molar-refractivity contribution in [3.63, 3.8) is 0 Å². The number of nitrogens with zero attached hydrogens (tertiary/aromatic N) is 1. The van der Waals surface area contributed by atoms with Crippen LogP contribution in [0.4, 0.5) is 17.1 Å². The Morgan fingerprint density at radius 2 is 1.44 bits per heavy atom. The van der Waals surface area contributed by atoms with Gasteiger partial charge in [-0.05, 0) is 90.9 Å². The van der Waals surface area contributed by atoms with Gasteiger partial charge in [-0.15, -0.1) is 11.8 Å². The summed E-state index contributed by atoms with van der Waals surface area (Å²) in [7, 11) is 0. The Labute approximate surface area is 297 Å². The zero-order valence-electron chi connectivity index (χ0n) is 25.7. The number of benzene rings is 5. The highest BCUT2D eigenvalue weighted by molar-refractivity contribution is 8.00. The molecule has 5 aromatic rings. The molecular formula is C38H29Cl2N3O3S2. The maximum atomic E-state index is 14.1. The number of carbonyl (C=O) groups is 3. The third kappa shape index (κ3) is 7.63. The summed E-state index contributed by atoms with van der Waals surface area (Å²) >= 11 is 15.6. The average Bonchev–Trinajstić information content (AvgIpc) is 3.11. The fourth-order valence-electron chi connectivity index (χ4n) is 5.09. The van der Waals surface area contributed by atoms with Crippen molar-refractivity contribution in [2.24, 2.45) is 0 Å². The van der Waals surface area contributed by atoms with E-state index in [0.717, 1.165) is 26.1 Å². The number of fused-ring (bicyclic) bond motifs is 2. The minimum absolute atomic E-state index is 0.00317. The molecule has 0 saturated carbocycles. The van der Waals surface area contributed by atoms with Gasteiger partial charge in [0.05, 0.1) is 16.6 Å². The summed E-state index contributed by atoms with van der Waals surface area (Å²) in [5, 5.41) is 6.02. The van der Waals surface area contributed by atoms with Gasteiger partial charge in [-0.3, -0.25) is 19.3 Å². The molecule has 0 radical (unpaired) electrons. The molecule has 1 atom stereocenters. The second-order valence-corrected chi connectivity index (χ2v) is 14.0. The lowest BCUT2D eigenvalue weighted by Crippen LogP contribution is -2.35. The van der Waals surface area contributed by atoms with Gasteiger partial charge in [-0.1, -0.05) is 90.4 Å². The minimum Gasteiger partial charge on any atom is -0.321 e. The van der Waals surface area contributed by atoms with Gasteiger partial charge in [0.1, 0.15) is 5.70 Å². The zero-order valence-corrected chi connectivity index (χ0v) is 28.8. The topological polar surface area (TPSA) is 78.5 Å². The van der Waals surface area contributed by atoms with Gasteiger partial charge < -0.3 is 10.6 Å². The van der Waals surface area contributed by atoms with Gasteiger partial charge in [-0.2, -0.15) is 0 Å². The first-order valence-electron chi connectivity index (χ1n) is 15.1. The maximum Gasteiger partial charge on any atom is 0.272 e. The van der Waals surface area contributed by atoms with E-state index in [1.165, 1.54) is 17.8 Å². The van der Waals surface area contributed by atoms with Crippen molar-refractivity contribution < 1.29 is 14.4 Å². The molecule has 0 spiro atoms. The summed E-state index contributed by atoms with van der Waals surface area (Å²) in [6.07, 6.45) is 2.13. The Morgan fingerprint density at radius 3 is 2.06 bits per heavy atom. The predicted molar refractivity (Wildman–Crippen MR) is 198 cm³/mol. The number of hydrogen-bond donors (Lipinski definition) is 2. The van der Waals surface area contributed by atoms with Crippen LogP contribution in [-0.2, 0) is 9.59 Å². The van der Waals surface area contributed by atoms with Gasteiger partial charge in [0, 0.05) is 36.0 Å².